The quantitative estimate of drug-likeness (QED) is 0.622. The fraction of sp³-hybridized carbons (Fsp3) is 0.789. The van der Waals surface area contributed by atoms with Crippen LogP contribution in [0.2, 0.25) is 0 Å². The predicted octanol–water partition coefficient (Wildman–Crippen LogP) is 1.21. The van der Waals surface area contributed by atoms with Crippen molar-refractivity contribution in [1.29, 1.82) is 0 Å². The standard InChI is InChI=1S/C19H33N3O6/c1-12(2)10-13(16(24)20-11-15(23)27-6)21-17(25)14-8-7-9-22(14)18(26)28-19(3,4)5/h12-14H,7-11H2,1-6H3,(H,20,24)(H,21,25)/t13-,14-/m1/s1. The summed E-state index contributed by atoms with van der Waals surface area (Å²) in [5, 5.41) is 5.19. The molecule has 0 radical (unpaired) electrons. The van der Waals surface area contributed by atoms with Gasteiger partial charge in [-0.1, -0.05) is 13.8 Å². The monoisotopic (exact) mass is 399 g/mol. The second kappa shape index (κ2) is 10.3. The van der Waals surface area contributed by atoms with Crippen molar-refractivity contribution in [2.45, 2.75) is 71.6 Å². The Morgan fingerprint density at radius 2 is 1.82 bits per heavy atom. The Morgan fingerprint density at radius 1 is 1.18 bits per heavy atom. The summed E-state index contributed by atoms with van der Waals surface area (Å²) in [6.45, 7) is 9.30. The van der Waals surface area contributed by atoms with Crippen LogP contribution in [-0.2, 0) is 23.9 Å². The maximum atomic E-state index is 12.8. The molecule has 28 heavy (non-hydrogen) atoms. The van der Waals surface area contributed by atoms with Crippen LogP contribution >= 0.6 is 0 Å². The molecule has 9 nitrogen and oxygen atoms in total. The third-order valence-electron chi connectivity index (χ3n) is 4.16. The summed E-state index contributed by atoms with van der Waals surface area (Å²) in [6, 6.07) is -1.49. The first-order valence-corrected chi connectivity index (χ1v) is 9.59. The van der Waals surface area contributed by atoms with Crippen LogP contribution in [0.3, 0.4) is 0 Å². The molecule has 0 aliphatic carbocycles. The average Bonchev–Trinajstić information content (AvgIpc) is 3.06. The van der Waals surface area contributed by atoms with Crippen LogP contribution in [0.25, 0.3) is 0 Å². The lowest BCUT2D eigenvalue weighted by Crippen LogP contribution is -2.54. The van der Waals surface area contributed by atoms with E-state index in [0.717, 1.165) is 0 Å². The van der Waals surface area contributed by atoms with E-state index in [2.05, 4.69) is 15.4 Å². The number of amides is 3. The van der Waals surface area contributed by atoms with Gasteiger partial charge in [0.15, 0.2) is 0 Å². The van der Waals surface area contributed by atoms with Crippen molar-refractivity contribution in [2.24, 2.45) is 5.92 Å². The van der Waals surface area contributed by atoms with Gasteiger partial charge in [-0.05, 0) is 46.0 Å². The normalized spacial score (nSPS) is 17.8. The highest BCUT2D eigenvalue weighted by molar-refractivity contribution is 5.92. The molecule has 2 atom stereocenters. The summed E-state index contributed by atoms with van der Waals surface area (Å²) in [4.78, 5) is 50.2. The van der Waals surface area contributed by atoms with E-state index in [0.29, 0.717) is 25.8 Å². The fourth-order valence-corrected chi connectivity index (χ4v) is 2.90. The highest BCUT2D eigenvalue weighted by Crippen LogP contribution is 2.21. The number of nitrogens with one attached hydrogen (secondary N) is 2. The molecule has 160 valence electrons. The number of methoxy groups -OCH3 is 1. The molecule has 0 bridgehead atoms. The molecule has 0 unspecified atom stereocenters. The van der Waals surface area contributed by atoms with Gasteiger partial charge in [0.1, 0.15) is 24.2 Å². The van der Waals surface area contributed by atoms with E-state index < -0.39 is 41.6 Å². The lowest BCUT2D eigenvalue weighted by atomic mass is 10.0. The zero-order valence-corrected chi connectivity index (χ0v) is 17.7. The minimum atomic E-state index is -0.807. The van der Waals surface area contributed by atoms with Gasteiger partial charge < -0.3 is 20.1 Å². The Kier molecular flexibility index (Phi) is 8.71. The molecule has 2 N–H and O–H groups in total. The zero-order valence-electron chi connectivity index (χ0n) is 17.7. The molecule has 0 aromatic heterocycles. The zero-order chi connectivity index (χ0) is 21.5. The van der Waals surface area contributed by atoms with Crippen molar-refractivity contribution >= 4 is 23.9 Å². The van der Waals surface area contributed by atoms with Crippen molar-refractivity contribution < 1.29 is 28.7 Å². The Morgan fingerprint density at radius 3 is 2.36 bits per heavy atom. The molecule has 1 saturated heterocycles. The summed E-state index contributed by atoms with van der Waals surface area (Å²) in [5.74, 6) is -1.30. The van der Waals surface area contributed by atoms with Gasteiger partial charge in [0.2, 0.25) is 11.8 Å². The van der Waals surface area contributed by atoms with E-state index in [4.69, 9.17) is 4.74 Å². The number of esters is 1. The van der Waals surface area contributed by atoms with Gasteiger partial charge in [0, 0.05) is 6.54 Å². The molecule has 1 aliphatic rings. The van der Waals surface area contributed by atoms with E-state index in [1.165, 1.54) is 12.0 Å². The van der Waals surface area contributed by atoms with Gasteiger partial charge in [-0.15, -0.1) is 0 Å². The maximum absolute atomic E-state index is 12.8. The highest BCUT2D eigenvalue weighted by atomic mass is 16.6. The number of carbonyl (C=O) groups excluding carboxylic acids is 4. The summed E-state index contributed by atoms with van der Waals surface area (Å²) in [5.41, 5.74) is -0.658. The fourth-order valence-electron chi connectivity index (χ4n) is 2.90. The molecule has 1 rings (SSSR count). The Labute approximate surface area is 166 Å². The summed E-state index contributed by atoms with van der Waals surface area (Å²) < 4.78 is 9.88. The summed E-state index contributed by atoms with van der Waals surface area (Å²) in [6.07, 6.45) is 1.04. The van der Waals surface area contributed by atoms with Crippen LogP contribution < -0.4 is 10.6 Å². The number of likely N-dealkylation sites (tertiary alicyclic amines) is 1. The summed E-state index contributed by atoms with van der Waals surface area (Å²) >= 11 is 0. The third-order valence-corrected chi connectivity index (χ3v) is 4.16. The van der Waals surface area contributed by atoms with Crippen molar-refractivity contribution in [3.8, 4) is 0 Å². The van der Waals surface area contributed by atoms with E-state index >= 15 is 0 Å². The van der Waals surface area contributed by atoms with Gasteiger partial charge in [-0.3, -0.25) is 19.3 Å². The molecule has 0 spiro atoms. The SMILES string of the molecule is COC(=O)CNC(=O)[C@@H](CC(C)C)NC(=O)[C@H]1CCCN1C(=O)OC(C)(C)C. The van der Waals surface area contributed by atoms with Crippen molar-refractivity contribution in [3.05, 3.63) is 0 Å². The maximum Gasteiger partial charge on any atom is 0.410 e. The Balaban J connectivity index is 2.78. The lowest BCUT2D eigenvalue weighted by molar-refractivity contribution is -0.141. The molecule has 0 saturated carbocycles. The molecule has 3 amide bonds. The molecule has 0 aromatic carbocycles. The second-order valence-corrected chi connectivity index (χ2v) is 8.32. The van der Waals surface area contributed by atoms with Crippen LogP contribution in [0.4, 0.5) is 4.79 Å². The topological polar surface area (TPSA) is 114 Å². The summed E-state index contributed by atoms with van der Waals surface area (Å²) in [7, 11) is 1.23. The Bertz CT molecular complexity index is 585. The minimum Gasteiger partial charge on any atom is -0.468 e. The van der Waals surface area contributed by atoms with Crippen LogP contribution in [-0.4, -0.2) is 66.7 Å². The van der Waals surface area contributed by atoms with Gasteiger partial charge in [0.25, 0.3) is 0 Å². The number of ether oxygens (including phenoxy) is 2. The van der Waals surface area contributed by atoms with E-state index in [1.54, 1.807) is 20.8 Å². The van der Waals surface area contributed by atoms with Gasteiger partial charge in [-0.2, -0.15) is 0 Å². The first-order chi connectivity index (χ1) is 12.9. The third kappa shape index (κ3) is 7.74. The number of rotatable bonds is 7. The predicted molar refractivity (Wildman–Crippen MR) is 102 cm³/mol. The first kappa shape index (κ1) is 23.7. The minimum absolute atomic E-state index is 0.139. The Hall–Kier alpha value is -2.32. The van der Waals surface area contributed by atoms with Crippen LogP contribution in [0.1, 0.15) is 53.9 Å². The first-order valence-electron chi connectivity index (χ1n) is 9.59. The van der Waals surface area contributed by atoms with Crippen LogP contribution in [0.5, 0.6) is 0 Å². The van der Waals surface area contributed by atoms with Gasteiger partial charge >= 0.3 is 12.1 Å². The average molecular weight is 399 g/mol. The number of hydrogen-bond donors (Lipinski definition) is 2. The highest BCUT2D eigenvalue weighted by Gasteiger charge is 2.38. The molecule has 1 aliphatic heterocycles. The van der Waals surface area contributed by atoms with Crippen LogP contribution in [0, 0.1) is 5.92 Å². The van der Waals surface area contributed by atoms with E-state index in [1.807, 2.05) is 13.8 Å². The van der Waals surface area contributed by atoms with Gasteiger partial charge in [-0.25, -0.2) is 4.79 Å². The van der Waals surface area contributed by atoms with E-state index in [-0.39, 0.29) is 12.5 Å². The van der Waals surface area contributed by atoms with Crippen LogP contribution in [0.15, 0.2) is 0 Å². The number of carbonyl (C=O) groups is 4. The molecule has 1 fully saturated rings. The molecule has 9 heteroatoms. The van der Waals surface area contributed by atoms with Crippen molar-refractivity contribution in [1.82, 2.24) is 15.5 Å². The van der Waals surface area contributed by atoms with E-state index in [9.17, 15) is 19.2 Å². The smallest absolute Gasteiger partial charge is 0.410 e. The molecular weight excluding hydrogens is 366 g/mol. The lowest BCUT2D eigenvalue weighted by Gasteiger charge is -2.29. The van der Waals surface area contributed by atoms with Gasteiger partial charge in [0.05, 0.1) is 7.11 Å². The number of hydrogen-bond acceptors (Lipinski definition) is 6. The molecule has 1 heterocycles. The number of nitrogens with zero attached hydrogens (tertiary/aromatic N) is 1. The van der Waals surface area contributed by atoms with Crippen molar-refractivity contribution in [3.63, 3.8) is 0 Å². The molecular formula is C19H33N3O6. The largest absolute Gasteiger partial charge is 0.468 e. The second-order valence-electron chi connectivity index (χ2n) is 8.32. The van der Waals surface area contributed by atoms with Crippen molar-refractivity contribution in [2.75, 3.05) is 20.2 Å². The molecule has 0 aromatic rings.